The molecule has 0 atom stereocenters. The Morgan fingerprint density at radius 3 is 2.75 bits per heavy atom. The van der Waals surface area contributed by atoms with Gasteiger partial charge in [-0.05, 0) is 30.3 Å². The number of halogens is 1. The fourth-order valence-corrected chi connectivity index (χ4v) is 1.69. The topological polar surface area (TPSA) is 71.7 Å². The number of carbonyl (C=O) groups excluding carboxylic acids is 1. The zero-order chi connectivity index (χ0) is 14.5. The number of ether oxygens (including phenoxy) is 1. The first-order valence-corrected chi connectivity index (χ1v) is 5.94. The van der Waals surface area contributed by atoms with Gasteiger partial charge in [0.2, 0.25) is 0 Å². The highest BCUT2D eigenvalue weighted by Gasteiger charge is 2.10. The SMILES string of the molecule is COC(=O)c1ccc(F)c(NCc2ccc(CO)o2)c1. The summed E-state index contributed by atoms with van der Waals surface area (Å²) in [7, 11) is 1.26. The zero-order valence-corrected chi connectivity index (χ0v) is 10.9. The number of hydrogen-bond acceptors (Lipinski definition) is 5. The lowest BCUT2D eigenvalue weighted by atomic mass is 10.2. The predicted molar refractivity (Wildman–Crippen MR) is 69.7 cm³/mol. The highest BCUT2D eigenvalue weighted by Crippen LogP contribution is 2.18. The Bertz CT molecular complexity index is 609. The molecule has 20 heavy (non-hydrogen) atoms. The second kappa shape index (κ2) is 6.21. The summed E-state index contributed by atoms with van der Waals surface area (Å²) in [5.74, 6) is -0.0253. The van der Waals surface area contributed by atoms with Crippen molar-refractivity contribution in [3.05, 3.63) is 53.2 Å². The van der Waals surface area contributed by atoms with Crippen LogP contribution in [0.5, 0.6) is 0 Å². The maximum Gasteiger partial charge on any atom is 0.337 e. The third-order valence-corrected chi connectivity index (χ3v) is 2.71. The lowest BCUT2D eigenvalue weighted by molar-refractivity contribution is 0.0600. The van der Waals surface area contributed by atoms with E-state index in [-0.39, 0.29) is 24.4 Å². The maximum atomic E-state index is 13.6. The van der Waals surface area contributed by atoms with Crippen LogP contribution in [-0.2, 0) is 17.9 Å². The lowest BCUT2D eigenvalue weighted by Crippen LogP contribution is -2.05. The van der Waals surface area contributed by atoms with E-state index in [0.29, 0.717) is 11.5 Å². The van der Waals surface area contributed by atoms with E-state index in [2.05, 4.69) is 10.1 Å². The number of hydrogen-bond donors (Lipinski definition) is 2. The van der Waals surface area contributed by atoms with Crippen molar-refractivity contribution in [2.24, 2.45) is 0 Å². The fourth-order valence-electron chi connectivity index (χ4n) is 1.69. The average molecular weight is 279 g/mol. The summed E-state index contributed by atoms with van der Waals surface area (Å²) in [5.41, 5.74) is 0.432. The lowest BCUT2D eigenvalue weighted by Gasteiger charge is -2.07. The summed E-state index contributed by atoms with van der Waals surface area (Å²) < 4.78 is 23.5. The normalized spacial score (nSPS) is 10.3. The van der Waals surface area contributed by atoms with Crippen LogP contribution in [-0.4, -0.2) is 18.2 Å². The van der Waals surface area contributed by atoms with E-state index < -0.39 is 11.8 Å². The highest BCUT2D eigenvalue weighted by molar-refractivity contribution is 5.90. The van der Waals surface area contributed by atoms with Crippen molar-refractivity contribution in [2.75, 3.05) is 12.4 Å². The molecule has 0 saturated carbocycles. The molecule has 0 aliphatic rings. The molecule has 2 N–H and O–H groups in total. The number of esters is 1. The Kier molecular flexibility index (Phi) is 4.37. The van der Waals surface area contributed by atoms with Gasteiger partial charge in [-0.3, -0.25) is 0 Å². The van der Waals surface area contributed by atoms with Gasteiger partial charge in [0.25, 0.3) is 0 Å². The van der Waals surface area contributed by atoms with Crippen LogP contribution in [0.3, 0.4) is 0 Å². The van der Waals surface area contributed by atoms with Crippen molar-refractivity contribution in [3.8, 4) is 0 Å². The first kappa shape index (κ1) is 14.1. The predicted octanol–water partition coefficient (Wildman–Crippen LogP) is 2.31. The van der Waals surface area contributed by atoms with Gasteiger partial charge in [-0.2, -0.15) is 0 Å². The van der Waals surface area contributed by atoms with Crippen LogP contribution in [0.4, 0.5) is 10.1 Å². The van der Waals surface area contributed by atoms with Crippen molar-refractivity contribution < 1.29 is 23.4 Å². The molecule has 0 radical (unpaired) electrons. The molecule has 2 rings (SSSR count). The Balaban J connectivity index is 2.10. The van der Waals surface area contributed by atoms with Gasteiger partial charge in [-0.25, -0.2) is 9.18 Å². The molecule has 1 aromatic heterocycles. The Labute approximate surface area is 115 Å². The van der Waals surface area contributed by atoms with Crippen molar-refractivity contribution in [3.63, 3.8) is 0 Å². The number of aliphatic hydroxyl groups is 1. The molecule has 1 heterocycles. The molecule has 0 bridgehead atoms. The van der Waals surface area contributed by atoms with Crippen LogP contribution in [0.2, 0.25) is 0 Å². The monoisotopic (exact) mass is 279 g/mol. The van der Waals surface area contributed by atoms with E-state index in [1.54, 1.807) is 12.1 Å². The first-order chi connectivity index (χ1) is 9.63. The van der Waals surface area contributed by atoms with Crippen molar-refractivity contribution in [1.29, 1.82) is 0 Å². The summed E-state index contributed by atoms with van der Waals surface area (Å²) >= 11 is 0. The molecule has 0 saturated heterocycles. The van der Waals surface area contributed by atoms with Gasteiger partial charge in [0.05, 0.1) is 24.9 Å². The maximum absolute atomic E-state index is 13.6. The molecule has 0 aliphatic heterocycles. The molecule has 5 nitrogen and oxygen atoms in total. The van der Waals surface area contributed by atoms with Crippen molar-refractivity contribution in [1.82, 2.24) is 0 Å². The minimum Gasteiger partial charge on any atom is -0.465 e. The molecule has 2 aromatic rings. The molecule has 0 amide bonds. The number of anilines is 1. The van der Waals surface area contributed by atoms with Crippen LogP contribution >= 0.6 is 0 Å². The van der Waals surface area contributed by atoms with Gasteiger partial charge in [-0.1, -0.05) is 0 Å². The van der Waals surface area contributed by atoms with Gasteiger partial charge in [0, 0.05) is 0 Å². The van der Waals surface area contributed by atoms with Gasteiger partial charge in [0.15, 0.2) is 0 Å². The second-order valence-corrected chi connectivity index (χ2v) is 4.07. The first-order valence-electron chi connectivity index (χ1n) is 5.94. The summed E-state index contributed by atoms with van der Waals surface area (Å²) in [6, 6.07) is 7.23. The van der Waals surface area contributed by atoms with E-state index in [1.807, 2.05) is 0 Å². The summed E-state index contributed by atoms with van der Waals surface area (Å²) in [6.45, 7) is 0.0493. The molecule has 106 valence electrons. The van der Waals surface area contributed by atoms with Gasteiger partial charge < -0.3 is 19.6 Å². The molecule has 0 aliphatic carbocycles. The summed E-state index contributed by atoms with van der Waals surface area (Å²) in [5, 5.41) is 11.7. The number of methoxy groups -OCH3 is 1. The number of aliphatic hydroxyl groups excluding tert-OH is 1. The molecular formula is C14H14FNO4. The molecule has 1 aromatic carbocycles. The minimum atomic E-state index is -0.534. The van der Waals surface area contributed by atoms with Gasteiger partial charge in [0.1, 0.15) is 23.9 Å². The quantitative estimate of drug-likeness (QED) is 0.822. The standard InChI is InChI=1S/C14H14FNO4/c1-19-14(18)9-2-5-12(15)13(6-9)16-7-10-3-4-11(8-17)20-10/h2-6,16-17H,7-8H2,1H3. The molecule has 0 spiro atoms. The number of carbonyl (C=O) groups is 1. The molecule has 6 heteroatoms. The number of furan rings is 1. The molecule has 0 unspecified atom stereocenters. The van der Waals surface area contributed by atoms with Crippen LogP contribution in [0.1, 0.15) is 21.9 Å². The Hall–Kier alpha value is -2.34. The van der Waals surface area contributed by atoms with Crippen LogP contribution in [0.25, 0.3) is 0 Å². The largest absolute Gasteiger partial charge is 0.465 e. The van der Waals surface area contributed by atoms with E-state index in [4.69, 9.17) is 9.52 Å². The second-order valence-electron chi connectivity index (χ2n) is 4.07. The smallest absolute Gasteiger partial charge is 0.337 e. The van der Waals surface area contributed by atoms with Crippen LogP contribution in [0.15, 0.2) is 34.7 Å². The van der Waals surface area contributed by atoms with Crippen molar-refractivity contribution in [2.45, 2.75) is 13.2 Å². The van der Waals surface area contributed by atoms with Gasteiger partial charge in [-0.15, -0.1) is 0 Å². The number of rotatable bonds is 5. The van der Waals surface area contributed by atoms with E-state index >= 15 is 0 Å². The summed E-state index contributed by atoms with van der Waals surface area (Å²) in [4.78, 5) is 11.4. The summed E-state index contributed by atoms with van der Waals surface area (Å²) in [6.07, 6.45) is 0. The van der Waals surface area contributed by atoms with E-state index in [1.165, 1.54) is 25.3 Å². The Morgan fingerprint density at radius 2 is 2.10 bits per heavy atom. The number of benzene rings is 1. The van der Waals surface area contributed by atoms with E-state index in [0.717, 1.165) is 0 Å². The zero-order valence-electron chi connectivity index (χ0n) is 10.9. The van der Waals surface area contributed by atoms with Crippen LogP contribution < -0.4 is 5.32 Å². The molecule has 0 fully saturated rings. The van der Waals surface area contributed by atoms with E-state index in [9.17, 15) is 9.18 Å². The van der Waals surface area contributed by atoms with Crippen LogP contribution in [0, 0.1) is 5.82 Å². The fraction of sp³-hybridized carbons (Fsp3) is 0.214. The third kappa shape index (κ3) is 3.16. The van der Waals surface area contributed by atoms with Crippen molar-refractivity contribution >= 4 is 11.7 Å². The third-order valence-electron chi connectivity index (χ3n) is 2.71. The highest BCUT2D eigenvalue weighted by atomic mass is 19.1. The van der Waals surface area contributed by atoms with Gasteiger partial charge >= 0.3 is 5.97 Å². The number of nitrogens with one attached hydrogen (secondary N) is 1. The Morgan fingerprint density at radius 1 is 1.35 bits per heavy atom. The minimum absolute atomic E-state index is 0.176. The molecular weight excluding hydrogens is 265 g/mol. The average Bonchev–Trinajstić information content (AvgIpc) is 2.93.